The van der Waals surface area contributed by atoms with Crippen molar-refractivity contribution in [3.8, 4) is 0 Å². The zero-order valence-corrected chi connectivity index (χ0v) is 23.4. The average Bonchev–Trinajstić information content (AvgIpc) is 3.51. The van der Waals surface area contributed by atoms with E-state index >= 15 is 0 Å². The van der Waals surface area contributed by atoms with Gasteiger partial charge in [0, 0.05) is 17.9 Å². The number of fused-ring (bicyclic) bond motifs is 1. The highest BCUT2D eigenvalue weighted by Gasteiger charge is 2.77. The number of rotatable bonds is 13. The van der Waals surface area contributed by atoms with E-state index in [9.17, 15) is 19.5 Å². The molecule has 3 fully saturated rings. The molecule has 3 saturated heterocycles. The number of alkyl halides is 1. The maximum Gasteiger partial charge on any atom is 0.312 e. The molecule has 0 saturated carbocycles. The van der Waals surface area contributed by atoms with Crippen molar-refractivity contribution >= 4 is 33.7 Å². The lowest BCUT2D eigenvalue weighted by atomic mass is 9.70. The molecule has 3 aliphatic rings. The number of aliphatic hydroxyl groups excluding tert-OH is 1. The van der Waals surface area contributed by atoms with Gasteiger partial charge in [-0.3, -0.25) is 14.4 Å². The summed E-state index contributed by atoms with van der Waals surface area (Å²) in [6.07, 6.45) is 5.72. The lowest BCUT2D eigenvalue weighted by Crippen LogP contribution is -2.57. The fourth-order valence-corrected chi connectivity index (χ4v) is 7.33. The van der Waals surface area contributed by atoms with Crippen LogP contribution in [0.15, 0.2) is 55.6 Å². The van der Waals surface area contributed by atoms with Gasteiger partial charge in [0.1, 0.15) is 18.2 Å². The molecule has 1 aromatic rings. The van der Waals surface area contributed by atoms with Crippen molar-refractivity contribution in [3.05, 3.63) is 61.2 Å². The minimum absolute atomic E-state index is 0.0167. The van der Waals surface area contributed by atoms with Crippen LogP contribution < -0.4 is 0 Å². The summed E-state index contributed by atoms with van der Waals surface area (Å²) >= 11 is 3.66. The van der Waals surface area contributed by atoms with Crippen LogP contribution in [0.25, 0.3) is 0 Å². The average molecular weight is 590 g/mol. The quantitative estimate of drug-likeness (QED) is 0.164. The normalized spacial score (nSPS) is 30.1. The highest BCUT2D eigenvalue weighted by atomic mass is 79.9. The van der Waals surface area contributed by atoms with E-state index in [1.165, 1.54) is 11.0 Å². The number of hydrogen-bond donors (Lipinski definition) is 1. The van der Waals surface area contributed by atoms with Crippen molar-refractivity contribution in [1.29, 1.82) is 0 Å². The second kappa shape index (κ2) is 12.1. The number of aliphatic hydroxyl groups is 1. The minimum Gasteiger partial charge on any atom is -0.461 e. The Bertz CT molecular complexity index is 1050. The highest BCUT2D eigenvalue weighted by molar-refractivity contribution is 9.09. The second-order valence-corrected chi connectivity index (χ2v) is 11.4. The smallest absolute Gasteiger partial charge is 0.312 e. The Morgan fingerprint density at radius 3 is 2.66 bits per heavy atom. The molecule has 0 aliphatic carbocycles. The number of likely N-dealkylation sites (tertiary alicyclic amines) is 1. The topological polar surface area (TPSA) is 96.4 Å². The van der Waals surface area contributed by atoms with E-state index < -0.39 is 41.6 Å². The Balaban J connectivity index is 1.81. The summed E-state index contributed by atoms with van der Waals surface area (Å²) < 4.78 is 11.9. The van der Waals surface area contributed by atoms with Gasteiger partial charge in [-0.25, -0.2) is 0 Å². The molecule has 2 amide bonds. The Hall–Kier alpha value is -2.49. The first kappa shape index (κ1) is 28.5. The molecule has 3 unspecified atom stereocenters. The van der Waals surface area contributed by atoms with Crippen LogP contribution >= 0.6 is 15.9 Å². The molecular formula is C29H37BrN2O6. The number of benzene rings is 1. The summed E-state index contributed by atoms with van der Waals surface area (Å²) in [6.45, 7) is 10.0. The van der Waals surface area contributed by atoms with E-state index in [0.29, 0.717) is 25.1 Å². The molecule has 1 N–H and O–H groups in total. The molecule has 38 heavy (non-hydrogen) atoms. The number of carbonyl (C=O) groups excluding carboxylic acids is 3. The summed E-state index contributed by atoms with van der Waals surface area (Å²) in [5.74, 6) is -2.94. The number of hydrogen-bond acceptors (Lipinski definition) is 6. The van der Waals surface area contributed by atoms with E-state index in [4.69, 9.17) is 9.47 Å². The Morgan fingerprint density at radius 2 is 2.03 bits per heavy atom. The molecule has 0 aromatic heterocycles. The fourth-order valence-electron chi connectivity index (χ4n) is 6.39. The molecule has 1 aromatic carbocycles. The standard InChI is InChI=1S/C29H37BrN2O6/c1-4-7-11-15-31(14-5-2)27(35)25-29-17-20(30)24(38-29)22(28(36)37-16-6-3)23(29)26(34)32(25)21(18-33)19-12-9-8-10-13-19/h5-6,8-10,12-13,20-25,33H,2-4,7,11,14-18H2,1H3/t20?,21-,22+,23+,24+,25?,29?/m1/s1. The van der Waals surface area contributed by atoms with Gasteiger partial charge in [0.25, 0.3) is 0 Å². The van der Waals surface area contributed by atoms with Crippen LogP contribution in [-0.4, -0.2) is 81.6 Å². The number of esters is 1. The van der Waals surface area contributed by atoms with Gasteiger partial charge in [-0.1, -0.05) is 84.8 Å². The van der Waals surface area contributed by atoms with Crippen LogP contribution in [-0.2, 0) is 23.9 Å². The fraction of sp³-hybridized carbons (Fsp3) is 0.552. The first-order valence-corrected chi connectivity index (χ1v) is 14.2. The summed E-state index contributed by atoms with van der Waals surface area (Å²) in [5.41, 5.74) is -0.522. The monoisotopic (exact) mass is 588 g/mol. The lowest BCUT2D eigenvalue weighted by molar-refractivity contribution is -0.155. The Kier molecular flexibility index (Phi) is 9.11. The van der Waals surface area contributed by atoms with Gasteiger partial charge in [0.15, 0.2) is 0 Å². The first-order chi connectivity index (χ1) is 18.4. The molecule has 2 bridgehead atoms. The number of unbranched alkanes of at least 4 members (excludes halogenated alkanes) is 2. The van der Waals surface area contributed by atoms with Crippen molar-refractivity contribution in [2.24, 2.45) is 11.8 Å². The van der Waals surface area contributed by atoms with E-state index in [1.54, 1.807) is 11.0 Å². The minimum atomic E-state index is -1.22. The molecule has 3 heterocycles. The Morgan fingerprint density at radius 1 is 1.29 bits per heavy atom. The highest BCUT2D eigenvalue weighted by Crippen LogP contribution is 2.61. The van der Waals surface area contributed by atoms with E-state index in [-0.39, 0.29) is 29.9 Å². The van der Waals surface area contributed by atoms with Gasteiger partial charge in [-0.15, -0.1) is 6.58 Å². The van der Waals surface area contributed by atoms with Crippen molar-refractivity contribution in [2.75, 3.05) is 26.3 Å². The van der Waals surface area contributed by atoms with E-state index in [2.05, 4.69) is 36.0 Å². The summed E-state index contributed by atoms with van der Waals surface area (Å²) in [7, 11) is 0. The zero-order chi connectivity index (χ0) is 27.4. The molecule has 8 nitrogen and oxygen atoms in total. The molecule has 7 atom stereocenters. The van der Waals surface area contributed by atoms with E-state index in [0.717, 1.165) is 19.3 Å². The van der Waals surface area contributed by atoms with Crippen molar-refractivity contribution in [2.45, 2.75) is 61.2 Å². The van der Waals surface area contributed by atoms with Gasteiger partial charge in [-0.05, 0) is 18.4 Å². The first-order valence-electron chi connectivity index (χ1n) is 13.3. The SMILES string of the molecule is C=CCOC(=O)[C@H]1[C@H]2C(=O)N([C@H](CO)c3ccccc3)C(C(=O)N(CC=C)CCCCC)C23CC(Br)[C@@H]1O3. The van der Waals surface area contributed by atoms with Crippen LogP contribution in [0, 0.1) is 11.8 Å². The van der Waals surface area contributed by atoms with Crippen molar-refractivity contribution < 1.29 is 29.0 Å². The van der Waals surface area contributed by atoms with Crippen LogP contribution in [0.1, 0.15) is 44.2 Å². The number of amides is 2. The van der Waals surface area contributed by atoms with Crippen molar-refractivity contribution in [1.82, 2.24) is 9.80 Å². The van der Waals surface area contributed by atoms with Crippen LogP contribution in [0.2, 0.25) is 0 Å². The summed E-state index contributed by atoms with van der Waals surface area (Å²) in [6, 6.07) is 7.37. The molecule has 4 rings (SSSR count). The number of nitrogens with zero attached hydrogens (tertiary/aromatic N) is 2. The van der Waals surface area contributed by atoms with Crippen LogP contribution in [0.5, 0.6) is 0 Å². The molecule has 9 heteroatoms. The van der Waals surface area contributed by atoms with Gasteiger partial charge in [0.05, 0.1) is 30.6 Å². The third-order valence-electron chi connectivity index (χ3n) is 7.96. The summed E-state index contributed by atoms with van der Waals surface area (Å²) in [5, 5.41) is 10.6. The van der Waals surface area contributed by atoms with Crippen LogP contribution in [0.3, 0.4) is 0 Å². The zero-order valence-electron chi connectivity index (χ0n) is 21.8. The van der Waals surface area contributed by atoms with Gasteiger partial charge >= 0.3 is 5.97 Å². The largest absolute Gasteiger partial charge is 0.461 e. The maximum absolute atomic E-state index is 14.4. The lowest BCUT2D eigenvalue weighted by Gasteiger charge is -2.39. The van der Waals surface area contributed by atoms with Gasteiger partial charge < -0.3 is 24.4 Å². The van der Waals surface area contributed by atoms with Crippen LogP contribution in [0.4, 0.5) is 0 Å². The molecule has 3 aliphatic heterocycles. The predicted molar refractivity (Wildman–Crippen MR) is 146 cm³/mol. The van der Waals surface area contributed by atoms with E-state index in [1.807, 2.05) is 30.3 Å². The Labute approximate surface area is 232 Å². The molecule has 1 spiro atoms. The molecule has 0 radical (unpaired) electrons. The maximum atomic E-state index is 14.4. The molecular weight excluding hydrogens is 552 g/mol. The second-order valence-electron chi connectivity index (χ2n) is 10.2. The molecule has 206 valence electrons. The number of ether oxygens (including phenoxy) is 2. The van der Waals surface area contributed by atoms with Crippen molar-refractivity contribution in [3.63, 3.8) is 0 Å². The summed E-state index contributed by atoms with van der Waals surface area (Å²) in [4.78, 5) is 44.9. The predicted octanol–water partition coefficient (Wildman–Crippen LogP) is 3.40. The third kappa shape index (κ3) is 4.84. The third-order valence-corrected chi connectivity index (χ3v) is 8.81. The van der Waals surface area contributed by atoms with Gasteiger partial charge in [0.2, 0.25) is 11.8 Å². The van der Waals surface area contributed by atoms with Gasteiger partial charge in [-0.2, -0.15) is 0 Å². The number of carbonyl (C=O) groups is 3. The number of halogens is 1.